The van der Waals surface area contributed by atoms with E-state index < -0.39 is 10.2 Å². The number of aromatic nitrogens is 1. The lowest BCUT2D eigenvalue weighted by Crippen LogP contribution is -2.40. The molecule has 0 radical (unpaired) electrons. The van der Waals surface area contributed by atoms with Crippen LogP contribution in [0.4, 0.5) is 0 Å². The number of pyridine rings is 1. The van der Waals surface area contributed by atoms with E-state index in [4.69, 9.17) is 14.6 Å². The second kappa shape index (κ2) is 7.05. The Morgan fingerprint density at radius 1 is 1.04 bits per heavy atom. The first-order valence-corrected chi connectivity index (χ1v) is 10.3. The highest BCUT2D eigenvalue weighted by molar-refractivity contribution is 7.86. The number of ether oxygens (including phenoxy) is 2. The number of hydrogen-bond donors (Lipinski definition) is 1. The first-order valence-electron chi connectivity index (χ1n) is 8.81. The molecular weight excluding hydrogens is 378 g/mol. The van der Waals surface area contributed by atoms with Gasteiger partial charge in [-0.05, 0) is 46.9 Å². The summed E-state index contributed by atoms with van der Waals surface area (Å²) in [5.74, 6) is 1.25. The van der Waals surface area contributed by atoms with Crippen LogP contribution in [-0.2, 0) is 23.2 Å². The Labute approximate surface area is 163 Å². The van der Waals surface area contributed by atoms with Gasteiger partial charge in [-0.3, -0.25) is 4.98 Å². The zero-order valence-electron chi connectivity index (χ0n) is 15.7. The molecule has 2 heterocycles. The van der Waals surface area contributed by atoms with Crippen LogP contribution in [0.3, 0.4) is 0 Å². The highest BCUT2D eigenvalue weighted by Gasteiger charge is 2.24. The largest absolute Gasteiger partial charge is 0.493 e. The van der Waals surface area contributed by atoms with Gasteiger partial charge in [0.15, 0.2) is 11.5 Å². The lowest BCUT2D eigenvalue weighted by atomic mass is 9.94. The smallest absolute Gasteiger partial charge is 0.277 e. The SMILES string of the molecule is COc1cc2nccc(-c3ccc4c(c3)CN(S(N)(=O)=O)CC4)c2cc1OC. The molecule has 0 atom stereocenters. The molecule has 0 fully saturated rings. The normalized spacial score (nSPS) is 14.7. The van der Waals surface area contributed by atoms with Crippen LogP contribution in [0, 0.1) is 0 Å². The molecule has 0 unspecified atom stereocenters. The van der Waals surface area contributed by atoms with E-state index in [1.54, 1.807) is 20.4 Å². The molecule has 1 aromatic heterocycles. The van der Waals surface area contributed by atoms with Gasteiger partial charge in [0.2, 0.25) is 0 Å². The monoisotopic (exact) mass is 399 g/mol. The summed E-state index contributed by atoms with van der Waals surface area (Å²) >= 11 is 0. The average Bonchev–Trinajstić information content (AvgIpc) is 2.70. The van der Waals surface area contributed by atoms with Crippen LogP contribution < -0.4 is 14.6 Å². The van der Waals surface area contributed by atoms with Gasteiger partial charge in [0.25, 0.3) is 10.2 Å². The molecule has 0 saturated heterocycles. The van der Waals surface area contributed by atoms with E-state index in [0.717, 1.165) is 33.2 Å². The zero-order valence-corrected chi connectivity index (χ0v) is 16.5. The topological polar surface area (TPSA) is 94.7 Å². The first kappa shape index (κ1) is 18.7. The molecule has 0 amide bonds. The van der Waals surface area contributed by atoms with Crippen molar-refractivity contribution in [1.82, 2.24) is 9.29 Å². The minimum Gasteiger partial charge on any atom is -0.493 e. The lowest BCUT2D eigenvalue weighted by Gasteiger charge is -2.26. The predicted molar refractivity (Wildman–Crippen MR) is 108 cm³/mol. The van der Waals surface area contributed by atoms with Gasteiger partial charge in [-0.1, -0.05) is 12.1 Å². The summed E-state index contributed by atoms with van der Waals surface area (Å²) in [6.45, 7) is 0.683. The molecule has 0 bridgehead atoms. The van der Waals surface area contributed by atoms with Crippen molar-refractivity contribution in [3.63, 3.8) is 0 Å². The fraction of sp³-hybridized carbons (Fsp3) is 0.250. The molecule has 3 aromatic rings. The van der Waals surface area contributed by atoms with Gasteiger partial charge in [-0.25, -0.2) is 5.14 Å². The van der Waals surface area contributed by atoms with Gasteiger partial charge in [-0.15, -0.1) is 0 Å². The highest BCUT2D eigenvalue weighted by Crippen LogP contribution is 2.37. The van der Waals surface area contributed by atoms with Crippen LogP contribution in [0.2, 0.25) is 0 Å². The van der Waals surface area contributed by atoms with E-state index in [0.29, 0.717) is 24.5 Å². The Morgan fingerprint density at radius 3 is 2.50 bits per heavy atom. The summed E-state index contributed by atoms with van der Waals surface area (Å²) < 4.78 is 35.6. The van der Waals surface area contributed by atoms with Crippen LogP contribution in [0.5, 0.6) is 11.5 Å². The molecule has 2 N–H and O–H groups in total. The Kier molecular flexibility index (Phi) is 4.70. The Morgan fingerprint density at radius 2 is 1.79 bits per heavy atom. The van der Waals surface area contributed by atoms with Crippen molar-refractivity contribution in [1.29, 1.82) is 0 Å². The van der Waals surface area contributed by atoms with Crippen molar-refractivity contribution in [3.05, 3.63) is 53.7 Å². The maximum absolute atomic E-state index is 11.7. The number of rotatable bonds is 4. The van der Waals surface area contributed by atoms with Crippen molar-refractivity contribution in [2.24, 2.45) is 5.14 Å². The van der Waals surface area contributed by atoms with E-state index in [1.165, 1.54) is 4.31 Å². The second-order valence-corrected chi connectivity index (χ2v) is 8.24. The zero-order chi connectivity index (χ0) is 19.9. The molecular formula is C20H21N3O4S. The van der Waals surface area contributed by atoms with Crippen molar-refractivity contribution in [2.45, 2.75) is 13.0 Å². The van der Waals surface area contributed by atoms with E-state index in [9.17, 15) is 8.42 Å². The summed E-state index contributed by atoms with van der Waals surface area (Å²) in [5.41, 5.74) is 4.86. The molecule has 4 rings (SSSR count). The Hall–Kier alpha value is -2.68. The lowest BCUT2D eigenvalue weighted by molar-refractivity contribution is 0.356. The summed E-state index contributed by atoms with van der Waals surface area (Å²) in [6.07, 6.45) is 2.40. The van der Waals surface area contributed by atoms with Gasteiger partial charge in [0.05, 0.1) is 19.7 Å². The molecule has 1 aliphatic rings. The molecule has 1 aliphatic heterocycles. The first-order chi connectivity index (χ1) is 13.4. The van der Waals surface area contributed by atoms with Gasteiger partial charge in [0.1, 0.15) is 0 Å². The van der Waals surface area contributed by atoms with Gasteiger partial charge >= 0.3 is 0 Å². The average molecular weight is 399 g/mol. The molecule has 8 heteroatoms. The number of fused-ring (bicyclic) bond motifs is 2. The van der Waals surface area contributed by atoms with E-state index >= 15 is 0 Å². The summed E-state index contributed by atoms with van der Waals surface area (Å²) in [6, 6.07) is 11.8. The van der Waals surface area contributed by atoms with Crippen LogP contribution in [0.15, 0.2) is 42.6 Å². The van der Waals surface area contributed by atoms with Gasteiger partial charge in [0, 0.05) is 30.7 Å². The molecule has 7 nitrogen and oxygen atoms in total. The van der Waals surface area contributed by atoms with E-state index in [1.807, 2.05) is 24.3 Å². The minimum atomic E-state index is -3.70. The predicted octanol–water partition coefficient (Wildman–Crippen LogP) is 2.48. The van der Waals surface area contributed by atoms with Crippen molar-refractivity contribution in [2.75, 3.05) is 20.8 Å². The van der Waals surface area contributed by atoms with Crippen LogP contribution in [-0.4, -0.2) is 38.5 Å². The Bertz CT molecular complexity index is 1160. The second-order valence-electron chi connectivity index (χ2n) is 6.69. The molecule has 2 aromatic carbocycles. The molecule has 0 saturated carbocycles. The molecule has 146 valence electrons. The molecule has 0 spiro atoms. The standard InChI is InChI=1S/C20H21N3O4S/c1-26-19-10-17-16(5-7-22-18(17)11-20(19)27-2)14-4-3-13-6-8-23(28(21,24)25)12-15(13)9-14/h3-5,7,9-11H,6,8,12H2,1-2H3,(H2,21,24,25). The van der Waals surface area contributed by atoms with E-state index in [2.05, 4.69) is 17.1 Å². The maximum Gasteiger partial charge on any atom is 0.277 e. The van der Waals surface area contributed by atoms with Crippen LogP contribution in [0.25, 0.3) is 22.0 Å². The quantitative estimate of drug-likeness (QED) is 0.727. The number of benzene rings is 2. The summed E-state index contributed by atoms with van der Waals surface area (Å²) in [7, 11) is -0.515. The number of nitrogens with zero attached hydrogens (tertiary/aromatic N) is 2. The van der Waals surface area contributed by atoms with Crippen LogP contribution in [0.1, 0.15) is 11.1 Å². The minimum absolute atomic E-state index is 0.280. The van der Waals surface area contributed by atoms with Crippen molar-refractivity contribution >= 4 is 21.1 Å². The van der Waals surface area contributed by atoms with E-state index in [-0.39, 0.29) is 6.54 Å². The van der Waals surface area contributed by atoms with Crippen LogP contribution >= 0.6 is 0 Å². The number of methoxy groups -OCH3 is 2. The van der Waals surface area contributed by atoms with Crippen molar-refractivity contribution < 1.29 is 17.9 Å². The highest BCUT2D eigenvalue weighted by atomic mass is 32.2. The maximum atomic E-state index is 11.7. The molecule has 28 heavy (non-hydrogen) atoms. The summed E-state index contributed by atoms with van der Waals surface area (Å²) in [4.78, 5) is 4.44. The summed E-state index contributed by atoms with van der Waals surface area (Å²) in [5, 5.41) is 6.24. The van der Waals surface area contributed by atoms with Crippen molar-refractivity contribution in [3.8, 4) is 22.6 Å². The number of nitrogens with two attached hydrogens (primary N) is 1. The third kappa shape index (κ3) is 3.30. The fourth-order valence-corrected chi connectivity index (χ4v) is 4.31. The third-order valence-electron chi connectivity index (χ3n) is 5.10. The third-order valence-corrected chi connectivity index (χ3v) is 6.13. The Balaban J connectivity index is 1.83. The number of hydrogen-bond acceptors (Lipinski definition) is 5. The van der Waals surface area contributed by atoms with Gasteiger partial charge < -0.3 is 9.47 Å². The van der Waals surface area contributed by atoms with Gasteiger partial charge in [-0.2, -0.15) is 12.7 Å². The fourth-order valence-electron chi connectivity index (χ4n) is 3.64. The molecule has 0 aliphatic carbocycles.